The van der Waals surface area contributed by atoms with Crippen molar-refractivity contribution in [2.45, 2.75) is 12.8 Å². The van der Waals surface area contributed by atoms with Gasteiger partial charge in [0.2, 0.25) is 5.91 Å². The summed E-state index contributed by atoms with van der Waals surface area (Å²) in [7, 11) is 0. The van der Waals surface area contributed by atoms with Crippen molar-refractivity contribution in [3.8, 4) is 0 Å². The molecule has 0 saturated carbocycles. The first-order valence-corrected chi connectivity index (χ1v) is 4.56. The molecule has 0 bridgehead atoms. The summed E-state index contributed by atoms with van der Waals surface area (Å²) in [5.41, 5.74) is 6.50. The average molecular weight is 180 g/mol. The number of piperidine rings is 1. The van der Waals surface area contributed by atoms with E-state index in [1.165, 1.54) is 5.57 Å². The predicted molar refractivity (Wildman–Crippen MR) is 53.1 cm³/mol. The molecule has 1 rings (SSSR count). The summed E-state index contributed by atoms with van der Waals surface area (Å²) in [5, 5.41) is 0. The monoisotopic (exact) mass is 180 g/mol. The van der Waals surface area contributed by atoms with Crippen LogP contribution in [-0.2, 0) is 4.79 Å². The highest BCUT2D eigenvalue weighted by atomic mass is 16.2. The SMILES string of the molecule is C=C1CCN(C(=O)/C=C/CN)CC1. The van der Waals surface area contributed by atoms with Crippen LogP contribution < -0.4 is 5.73 Å². The summed E-state index contributed by atoms with van der Waals surface area (Å²) in [4.78, 5) is 13.3. The number of carbonyl (C=O) groups excluding carboxylic acids is 1. The van der Waals surface area contributed by atoms with Crippen LogP contribution in [0.3, 0.4) is 0 Å². The second kappa shape index (κ2) is 4.82. The second-order valence-electron chi connectivity index (χ2n) is 3.21. The maximum Gasteiger partial charge on any atom is 0.246 e. The van der Waals surface area contributed by atoms with Gasteiger partial charge in [0.05, 0.1) is 0 Å². The molecule has 1 aliphatic rings. The van der Waals surface area contributed by atoms with Gasteiger partial charge in [0, 0.05) is 25.7 Å². The van der Waals surface area contributed by atoms with Crippen molar-refractivity contribution in [2.75, 3.05) is 19.6 Å². The zero-order valence-electron chi connectivity index (χ0n) is 7.83. The third-order valence-corrected chi connectivity index (χ3v) is 2.18. The highest BCUT2D eigenvalue weighted by molar-refractivity contribution is 5.87. The zero-order chi connectivity index (χ0) is 9.68. The molecule has 0 unspecified atom stereocenters. The first-order chi connectivity index (χ1) is 6.24. The molecule has 1 heterocycles. The Morgan fingerprint density at radius 3 is 2.69 bits per heavy atom. The Hall–Kier alpha value is -1.09. The van der Waals surface area contributed by atoms with E-state index in [2.05, 4.69) is 6.58 Å². The van der Waals surface area contributed by atoms with Crippen molar-refractivity contribution in [3.05, 3.63) is 24.3 Å². The summed E-state index contributed by atoms with van der Waals surface area (Å²) in [6.45, 7) is 5.91. The third kappa shape index (κ3) is 3.03. The minimum Gasteiger partial charge on any atom is -0.339 e. The van der Waals surface area contributed by atoms with Gasteiger partial charge in [0.15, 0.2) is 0 Å². The van der Waals surface area contributed by atoms with Crippen molar-refractivity contribution < 1.29 is 4.79 Å². The molecule has 0 aromatic heterocycles. The fourth-order valence-corrected chi connectivity index (χ4v) is 1.32. The summed E-state index contributed by atoms with van der Waals surface area (Å²) in [6.07, 6.45) is 5.10. The Kier molecular flexibility index (Phi) is 3.71. The van der Waals surface area contributed by atoms with Gasteiger partial charge in [0.25, 0.3) is 0 Å². The van der Waals surface area contributed by atoms with Gasteiger partial charge < -0.3 is 10.6 Å². The maximum atomic E-state index is 11.4. The minimum absolute atomic E-state index is 0.0675. The van der Waals surface area contributed by atoms with Crippen LogP contribution in [0.1, 0.15) is 12.8 Å². The van der Waals surface area contributed by atoms with E-state index in [9.17, 15) is 4.79 Å². The van der Waals surface area contributed by atoms with Gasteiger partial charge in [-0.25, -0.2) is 0 Å². The standard InChI is InChI=1S/C10H16N2O/c1-9-4-7-12(8-5-9)10(13)3-2-6-11/h2-3H,1,4-8,11H2/b3-2+. The van der Waals surface area contributed by atoms with E-state index in [0.29, 0.717) is 6.54 Å². The molecule has 0 aliphatic carbocycles. The largest absolute Gasteiger partial charge is 0.339 e. The predicted octanol–water partition coefficient (Wildman–Crippen LogP) is 0.680. The number of likely N-dealkylation sites (tertiary alicyclic amines) is 1. The number of nitrogens with two attached hydrogens (primary N) is 1. The molecule has 0 spiro atoms. The smallest absolute Gasteiger partial charge is 0.246 e. The number of nitrogens with zero attached hydrogens (tertiary/aromatic N) is 1. The van der Waals surface area contributed by atoms with Crippen LogP contribution in [0.2, 0.25) is 0 Å². The van der Waals surface area contributed by atoms with Crippen LogP contribution in [-0.4, -0.2) is 30.4 Å². The molecule has 3 nitrogen and oxygen atoms in total. The van der Waals surface area contributed by atoms with E-state index in [4.69, 9.17) is 5.73 Å². The number of carbonyl (C=O) groups is 1. The lowest BCUT2D eigenvalue weighted by Gasteiger charge is -2.26. The molecule has 1 fully saturated rings. The highest BCUT2D eigenvalue weighted by Crippen LogP contribution is 2.13. The molecule has 0 atom stereocenters. The maximum absolute atomic E-state index is 11.4. The molecule has 1 saturated heterocycles. The van der Waals surface area contributed by atoms with Crippen molar-refractivity contribution in [1.29, 1.82) is 0 Å². The quantitative estimate of drug-likeness (QED) is 0.502. The topological polar surface area (TPSA) is 46.3 Å². The zero-order valence-corrected chi connectivity index (χ0v) is 7.83. The van der Waals surface area contributed by atoms with Crippen LogP contribution >= 0.6 is 0 Å². The number of rotatable bonds is 2. The second-order valence-corrected chi connectivity index (χ2v) is 3.21. The van der Waals surface area contributed by atoms with Crippen LogP contribution in [0.5, 0.6) is 0 Å². The summed E-state index contributed by atoms with van der Waals surface area (Å²) in [6, 6.07) is 0. The number of hydrogen-bond acceptors (Lipinski definition) is 2. The average Bonchev–Trinajstić information content (AvgIpc) is 2.15. The fourth-order valence-electron chi connectivity index (χ4n) is 1.32. The van der Waals surface area contributed by atoms with Crippen LogP contribution in [0.15, 0.2) is 24.3 Å². The van der Waals surface area contributed by atoms with E-state index < -0.39 is 0 Å². The Bertz CT molecular complexity index is 223. The lowest BCUT2D eigenvalue weighted by atomic mass is 10.1. The van der Waals surface area contributed by atoms with Crippen LogP contribution in [0.4, 0.5) is 0 Å². The molecule has 1 aliphatic heterocycles. The van der Waals surface area contributed by atoms with Gasteiger partial charge in [-0.1, -0.05) is 18.2 Å². The molecule has 0 aromatic rings. The normalized spacial score (nSPS) is 18.2. The molecule has 1 amide bonds. The van der Waals surface area contributed by atoms with E-state index in [-0.39, 0.29) is 5.91 Å². The minimum atomic E-state index is 0.0675. The van der Waals surface area contributed by atoms with E-state index in [1.54, 1.807) is 12.2 Å². The molecular weight excluding hydrogens is 164 g/mol. The fraction of sp³-hybridized carbons (Fsp3) is 0.500. The van der Waals surface area contributed by atoms with Gasteiger partial charge in [0.1, 0.15) is 0 Å². The van der Waals surface area contributed by atoms with Crippen molar-refractivity contribution in [3.63, 3.8) is 0 Å². The van der Waals surface area contributed by atoms with Gasteiger partial charge in [-0.15, -0.1) is 0 Å². The Balaban J connectivity index is 2.40. The van der Waals surface area contributed by atoms with E-state index in [0.717, 1.165) is 25.9 Å². The van der Waals surface area contributed by atoms with Gasteiger partial charge in [-0.05, 0) is 12.8 Å². The lowest BCUT2D eigenvalue weighted by Crippen LogP contribution is -2.35. The van der Waals surface area contributed by atoms with Crippen molar-refractivity contribution in [2.24, 2.45) is 5.73 Å². The van der Waals surface area contributed by atoms with Crippen molar-refractivity contribution in [1.82, 2.24) is 4.90 Å². The molecule has 3 heteroatoms. The summed E-state index contributed by atoms with van der Waals surface area (Å²) in [5.74, 6) is 0.0675. The third-order valence-electron chi connectivity index (χ3n) is 2.18. The molecule has 0 aromatic carbocycles. The highest BCUT2D eigenvalue weighted by Gasteiger charge is 2.15. The first-order valence-electron chi connectivity index (χ1n) is 4.56. The molecule has 2 N–H and O–H groups in total. The van der Waals surface area contributed by atoms with Gasteiger partial charge in [-0.3, -0.25) is 4.79 Å². The molecule has 13 heavy (non-hydrogen) atoms. The molecule has 0 radical (unpaired) electrons. The van der Waals surface area contributed by atoms with E-state index in [1.807, 2.05) is 4.90 Å². The Labute approximate surface area is 78.9 Å². The van der Waals surface area contributed by atoms with Crippen LogP contribution in [0, 0.1) is 0 Å². The van der Waals surface area contributed by atoms with Gasteiger partial charge >= 0.3 is 0 Å². The first kappa shape index (κ1) is 9.99. The molecule has 72 valence electrons. The summed E-state index contributed by atoms with van der Waals surface area (Å²) < 4.78 is 0. The Morgan fingerprint density at radius 2 is 2.15 bits per heavy atom. The number of hydrogen-bond donors (Lipinski definition) is 1. The van der Waals surface area contributed by atoms with Gasteiger partial charge in [-0.2, -0.15) is 0 Å². The lowest BCUT2D eigenvalue weighted by molar-refractivity contribution is -0.126. The number of amides is 1. The van der Waals surface area contributed by atoms with Crippen LogP contribution in [0.25, 0.3) is 0 Å². The summed E-state index contributed by atoms with van der Waals surface area (Å²) >= 11 is 0. The van der Waals surface area contributed by atoms with Crippen molar-refractivity contribution >= 4 is 5.91 Å². The molecular formula is C10H16N2O. The Morgan fingerprint density at radius 1 is 1.54 bits per heavy atom. The van der Waals surface area contributed by atoms with E-state index >= 15 is 0 Å².